The highest BCUT2D eigenvalue weighted by Crippen LogP contribution is 2.61. The molecule has 3 rings (SSSR count). The average molecular weight is 337 g/mol. The Morgan fingerprint density at radius 2 is 1.83 bits per heavy atom. The van der Waals surface area contributed by atoms with Gasteiger partial charge in [0.15, 0.2) is 0 Å². The van der Waals surface area contributed by atoms with Crippen molar-refractivity contribution in [2.75, 3.05) is 0 Å². The Kier molecular flexibility index (Phi) is 4.68. The van der Waals surface area contributed by atoms with Gasteiger partial charge >= 0.3 is 0 Å². The molecule has 0 amide bonds. The van der Waals surface area contributed by atoms with Crippen molar-refractivity contribution in [1.82, 2.24) is 0 Å². The molecule has 3 aliphatic rings. The smallest absolute Gasteiger partial charge is 0.0969 e. The molecule has 3 fully saturated rings. The molecule has 24 heavy (non-hydrogen) atoms. The van der Waals surface area contributed by atoms with Gasteiger partial charge in [0.05, 0.1) is 16.8 Å². The van der Waals surface area contributed by atoms with Gasteiger partial charge in [0.2, 0.25) is 0 Å². The summed E-state index contributed by atoms with van der Waals surface area (Å²) in [6.07, 6.45) is 7.22. The molecule has 0 aliphatic heterocycles. The molecule has 3 heteroatoms. The van der Waals surface area contributed by atoms with E-state index in [9.17, 15) is 15.3 Å². The van der Waals surface area contributed by atoms with Crippen molar-refractivity contribution < 1.29 is 15.3 Å². The summed E-state index contributed by atoms with van der Waals surface area (Å²) in [4.78, 5) is 0. The van der Waals surface area contributed by atoms with E-state index in [-0.39, 0.29) is 23.7 Å². The van der Waals surface area contributed by atoms with E-state index in [1.165, 1.54) is 5.57 Å². The second kappa shape index (κ2) is 6.10. The minimum atomic E-state index is -1.05. The van der Waals surface area contributed by atoms with Crippen LogP contribution < -0.4 is 0 Å². The van der Waals surface area contributed by atoms with Crippen LogP contribution in [0.5, 0.6) is 0 Å². The van der Waals surface area contributed by atoms with Crippen LogP contribution in [-0.2, 0) is 0 Å². The van der Waals surface area contributed by atoms with Crippen LogP contribution in [0.2, 0.25) is 0 Å². The number of rotatable bonds is 3. The van der Waals surface area contributed by atoms with E-state index in [4.69, 9.17) is 0 Å². The van der Waals surface area contributed by atoms with Crippen molar-refractivity contribution >= 4 is 0 Å². The largest absolute Gasteiger partial charge is 0.390 e. The van der Waals surface area contributed by atoms with E-state index in [1.807, 2.05) is 0 Å². The predicted molar refractivity (Wildman–Crippen MR) is 96.5 cm³/mol. The Morgan fingerprint density at radius 3 is 2.46 bits per heavy atom. The van der Waals surface area contributed by atoms with Crippen LogP contribution in [-0.4, -0.2) is 32.1 Å². The van der Waals surface area contributed by atoms with E-state index >= 15 is 0 Å². The number of fused-ring (bicyclic) bond motifs is 3. The summed E-state index contributed by atoms with van der Waals surface area (Å²) in [6, 6.07) is 0. The molecule has 0 heterocycles. The molecule has 3 N–H and O–H groups in total. The maximum absolute atomic E-state index is 11.7. The molecule has 0 spiro atoms. The Hall–Kier alpha value is -0.380. The summed E-state index contributed by atoms with van der Waals surface area (Å²) in [5.74, 6) is 0.278. The molecule has 0 aromatic heterocycles. The average Bonchev–Trinajstić information content (AvgIpc) is 2.91. The van der Waals surface area contributed by atoms with Crippen molar-refractivity contribution in [3.05, 3.63) is 12.2 Å². The first-order valence-electron chi connectivity index (χ1n) is 10.1. The standard InChI is InChI=1S/C21H36O3/c1-5-10-20(23)15(4)13-17-18(16-8-7-11-21(16,20)24)14(3)9-12-19(17,22)6-2/h15-18,22-24H,3,5-13H2,1-2,4H3/t15-,16?,17?,18?,19+,20+,21-/m1/s1. The van der Waals surface area contributed by atoms with Gasteiger partial charge in [0, 0.05) is 0 Å². The third-order valence-corrected chi connectivity index (χ3v) is 8.01. The zero-order valence-electron chi connectivity index (χ0n) is 15.7. The lowest BCUT2D eigenvalue weighted by Gasteiger charge is -2.50. The normalized spacial score (nSPS) is 51.8. The first kappa shape index (κ1) is 18.4. The quantitative estimate of drug-likeness (QED) is 0.687. The Labute approximate surface area is 147 Å². The lowest BCUT2D eigenvalue weighted by Crippen LogP contribution is -2.60. The second-order valence-electron chi connectivity index (χ2n) is 8.98. The maximum atomic E-state index is 11.7. The van der Waals surface area contributed by atoms with Crippen molar-refractivity contribution in [2.24, 2.45) is 23.7 Å². The van der Waals surface area contributed by atoms with Crippen molar-refractivity contribution in [3.63, 3.8) is 0 Å². The zero-order valence-corrected chi connectivity index (χ0v) is 15.7. The molecule has 0 saturated heterocycles. The van der Waals surface area contributed by atoms with E-state index in [0.717, 1.165) is 44.9 Å². The minimum absolute atomic E-state index is 0.0120. The molecule has 7 atom stereocenters. The van der Waals surface area contributed by atoms with E-state index in [1.54, 1.807) is 0 Å². The van der Waals surface area contributed by atoms with Crippen molar-refractivity contribution in [1.29, 1.82) is 0 Å². The van der Waals surface area contributed by atoms with E-state index in [0.29, 0.717) is 12.8 Å². The first-order chi connectivity index (χ1) is 11.2. The third kappa shape index (κ3) is 2.34. The molecule has 138 valence electrons. The summed E-state index contributed by atoms with van der Waals surface area (Å²) in [6.45, 7) is 10.6. The Balaban J connectivity index is 2.11. The van der Waals surface area contributed by atoms with Gasteiger partial charge in [-0.15, -0.1) is 0 Å². The maximum Gasteiger partial charge on any atom is 0.0969 e. The van der Waals surface area contributed by atoms with Crippen LogP contribution >= 0.6 is 0 Å². The summed E-state index contributed by atoms with van der Waals surface area (Å²) >= 11 is 0. The third-order valence-electron chi connectivity index (χ3n) is 8.01. The van der Waals surface area contributed by atoms with Crippen LogP contribution in [0.15, 0.2) is 12.2 Å². The summed E-state index contributed by atoms with van der Waals surface area (Å²) < 4.78 is 0. The fourth-order valence-corrected chi connectivity index (χ4v) is 6.59. The predicted octanol–water partition coefficient (Wildman–Crippen LogP) is 3.81. The lowest BCUT2D eigenvalue weighted by molar-refractivity contribution is -0.198. The highest BCUT2D eigenvalue weighted by atomic mass is 16.4. The summed E-state index contributed by atoms with van der Waals surface area (Å²) in [5.41, 5.74) is -1.57. The number of hydrogen-bond donors (Lipinski definition) is 3. The number of aliphatic hydroxyl groups is 3. The van der Waals surface area contributed by atoms with Crippen LogP contribution in [0.3, 0.4) is 0 Å². The fraction of sp³-hybridized carbons (Fsp3) is 0.905. The van der Waals surface area contributed by atoms with Crippen molar-refractivity contribution in [2.45, 2.75) is 95.4 Å². The molecular weight excluding hydrogens is 300 g/mol. The molecule has 0 radical (unpaired) electrons. The summed E-state index contributed by atoms with van der Waals surface area (Å²) in [5, 5.41) is 34.7. The van der Waals surface area contributed by atoms with Gasteiger partial charge in [0.25, 0.3) is 0 Å². The molecule has 3 nitrogen and oxygen atoms in total. The van der Waals surface area contributed by atoms with Gasteiger partial charge in [-0.1, -0.05) is 45.8 Å². The number of hydrogen-bond acceptors (Lipinski definition) is 3. The minimum Gasteiger partial charge on any atom is -0.390 e. The van der Waals surface area contributed by atoms with Crippen molar-refractivity contribution in [3.8, 4) is 0 Å². The fourth-order valence-electron chi connectivity index (χ4n) is 6.59. The topological polar surface area (TPSA) is 60.7 Å². The van der Waals surface area contributed by atoms with Crippen LogP contribution in [0.1, 0.15) is 78.6 Å². The zero-order chi connectivity index (χ0) is 17.8. The molecule has 0 bridgehead atoms. The van der Waals surface area contributed by atoms with Crippen LogP contribution in [0.4, 0.5) is 0 Å². The van der Waals surface area contributed by atoms with Gasteiger partial charge in [0.1, 0.15) is 0 Å². The molecule has 3 saturated carbocycles. The van der Waals surface area contributed by atoms with Gasteiger partial charge < -0.3 is 15.3 Å². The monoisotopic (exact) mass is 336 g/mol. The Morgan fingerprint density at radius 1 is 1.12 bits per heavy atom. The van der Waals surface area contributed by atoms with Crippen LogP contribution in [0.25, 0.3) is 0 Å². The summed E-state index contributed by atoms with van der Waals surface area (Å²) in [7, 11) is 0. The van der Waals surface area contributed by atoms with E-state index in [2.05, 4.69) is 27.4 Å². The highest BCUT2D eigenvalue weighted by Gasteiger charge is 2.65. The molecule has 3 unspecified atom stereocenters. The SMILES string of the molecule is C=C1CC[C@@](O)(CC)C2C[C@@H](C)[C@@](O)(CCC)[C@@]3(O)CCCC3C12. The Bertz CT molecular complexity index is 503. The molecule has 0 aromatic carbocycles. The van der Waals surface area contributed by atoms with Gasteiger partial charge in [-0.2, -0.15) is 0 Å². The van der Waals surface area contributed by atoms with Gasteiger partial charge in [-0.3, -0.25) is 0 Å². The lowest BCUT2D eigenvalue weighted by atomic mass is 9.59. The van der Waals surface area contributed by atoms with Gasteiger partial charge in [-0.25, -0.2) is 0 Å². The van der Waals surface area contributed by atoms with E-state index < -0.39 is 16.8 Å². The van der Waals surface area contributed by atoms with Gasteiger partial charge in [-0.05, 0) is 68.6 Å². The first-order valence-corrected chi connectivity index (χ1v) is 10.1. The number of allylic oxidation sites excluding steroid dienone is 1. The second-order valence-corrected chi connectivity index (χ2v) is 8.98. The molecule has 3 aliphatic carbocycles. The molecular formula is C21H36O3. The molecule has 0 aromatic rings. The highest BCUT2D eigenvalue weighted by molar-refractivity contribution is 5.23. The van der Waals surface area contributed by atoms with Crippen LogP contribution in [0, 0.1) is 23.7 Å².